The fourth-order valence-electron chi connectivity index (χ4n) is 4.40. The van der Waals surface area contributed by atoms with E-state index >= 15 is 0 Å². The lowest BCUT2D eigenvalue weighted by Crippen LogP contribution is -2.35. The molecule has 10 heteroatoms. The van der Waals surface area contributed by atoms with Gasteiger partial charge in [0.25, 0.3) is 5.56 Å². The standard InChI is InChI=1S/C26H27N9O/c1-3-13-34-25(36)21-16-29-26(31-20-8-7-18(15-27)17(2)14-20)33-24(21)35(34)23-6-4-5-22(32-23)30-19-9-11-28-12-10-19/h3-8,14,16,19,28H,1,9-13H2,2H3,(H,30,32)(H,29,31,33). The molecule has 0 radical (unpaired) electrons. The quantitative estimate of drug-likeness (QED) is 0.344. The molecule has 182 valence electrons. The van der Waals surface area contributed by atoms with Gasteiger partial charge in [0.15, 0.2) is 11.5 Å². The van der Waals surface area contributed by atoms with E-state index in [1.54, 1.807) is 27.6 Å². The number of nitrogens with one attached hydrogen (secondary N) is 3. The normalized spacial score (nSPS) is 13.9. The predicted molar refractivity (Wildman–Crippen MR) is 140 cm³/mol. The predicted octanol–water partition coefficient (Wildman–Crippen LogP) is 3.25. The first-order valence-electron chi connectivity index (χ1n) is 11.9. The highest BCUT2D eigenvalue weighted by Gasteiger charge is 2.19. The lowest BCUT2D eigenvalue weighted by molar-refractivity contribution is 0.478. The molecule has 1 aliphatic heterocycles. The smallest absolute Gasteiger partial charge is 0.278 e. The van der Waals surface area contributed by atoms with Crippen LogP contribution in [0.15, 0.2) is 60.0 Å². The SMILES string of the molecule is C=CCn1c(=O)c2cnc(Nc3ccc(C#N)c(C)c3)nc2n1-c1cccc(NC2CCNCC2)n1. The highest BCUT2D eigenvalue weighted by molar-refractivity contribution is 5.77. The van der Waals surface area contributed by atoms with E-state index in [9.17, 15) is 10.1 Å². The summed E-state index contributed by atoms with van der Waals surface area (Å²) in [6, 6.07) is 13.6. The Morgan fingerprint density at radius 3 is 2.83 bits per heavy atom. The maximum Gasteiger partial charge on any atom is 0.278 e. The van der Waals surface area contributed by atoms with Crippen LogP contribution in [0.2, 0.25) is 0 Å². The average molecular weight is 482 g/mol. The van der Waals surface area contributed by atoms with Gasteiger partial charge in [-0.05, 0) is 68.8 Å². The van der Waals surface area contributed by atoms with Crippen LogP contribution < -0.4 is 21.5 Å². The van der Waals surface area contributed by atoms with E-state index in [1.165, 1.54) is 6.20 Å². The molecule has 0 aliphatic carbocycles. The highest BCUT2D eigenvalue weighted by atomic mass is 16.1. The van der Waals surface area contributed by atoms with Crippen molar-refractivity contribution in [2.45, 2.75) is 32.4 Å². The topological polar surface area (TPSA) is 125 Å². The first-order chi connectivity index (χ1) is 17.6. The fourth-order valence-corrected chi connectivity index (χ4v) is 4.40. The Kier molecular flexibility index (Phi) is 6.47. The van der Waals surface area contributed by atoms with Crippen molar-refractivity contribution in [3.8, 4) is 11.9 Å². The van der Waals surface area contributed by atoms with Crippen LogP contribution in [0.4, 0.5) is 17.5 Å². The molecule has 4 heterocycles. The van der Waals surface area contributed by atoms with Crippen LogP contribution in [0.5, 0.6) is 0 Å². The lowest BCUT2D eigenvalue weighted by Gasteiger charge is -2.24. The number of rotatable bonds is 7. The molecule has 10 nitrogen and oxygen atoms in total. The number of nitrogens with zero attached hydrogens (tertiary/aromatic N) is 6. The van der Waals surface area contributed by atoms with Gasteiger partial charge in [0.05, 0.1) is 18.2 Å². The van der Waals surface area contributed by atoms with E-state index in [2.05, 4.69) is 38.6 Å². The monoisotopic (exact) mass is 481 g/mol. The fraction of sp³-hybridized carbons (Fsp3) is 0.269. The second kappa shape index (κ2) is 10.0. The van der Waals surface area contributed by atoms with Crippen LogP contribution in [0, 0.1) is 18.3 Å². The van der Waals surface area contributed by atoms with Gasteiger partial charge in [-0.15, -0.1) is 6.58 Å². The Bertz CT molecular complexity index is 1520. The van der Waals surface area contributed by atoms with E-state index < -0.39 is 0 Å². The summed E-state index contributed by atoms with van der Waals surface area (Å²) in [4.78, 5) is 27.1. The summed E-state index contributed by atoms with van der Waals surface area (Å²) in [5.74, 6) is 1.65. The summed E-state index contributed by atoms with van der Waals surface area (Å²) in [6.45, 7) is 7.93. The largest absolute Gasteiger partial charge is 0.367 e. The summed E-state index contributed by atoms with van der Waals surface area (Å²) in [5.41, 5.74) is 2.42. The third-order valence-electron chi connectivity index (χ3n) is 6.22. The Labute approximate surface area is 208 Å². The number of hydrogen-bond acceptors (Lipinski definition) is 8. The van der Waals surface area contributed by atoms with Gasteiger partial charge in [-0.25, -0.2) is 19.3 Å². The molecule has 1 aliphatic rings. The molecule has 4 aromatic rings. The summed E-state index contributed by atoms with van der Waals surface area (Å²) in [6.07, 6.45) is 5.24. The Morgan fingerprint density at radius 1 is 1.25 bits per heavy atom. The summed E-state index contributed by atoms with van der Waals surface area (Å²) in [5, 5.41) is 19.6. The van der Waals surface area contributed by atoms with Crippen LogP contribution in [0.1, 0.15) is 24.0 Å². The molecule has 3 N–H and O–H groups in total. The van der Waals surface area contributed by atoms with Crippen molar-refractivity contribution >= 4 is 28.5 Å². The Morgan fingerprint density at radius 2 is 2.08 bits per heavy atom. The third-order valence-corrected chi connectivity index (χ3v) is 6.22. The number of pyridine rings is 1. The Balaban J connectivity index is 1.55. The zero-order valence-electron chi connectivity index (χ0n) is 20.0. The zero-order chi connectivity index (χ0) is 25.1. The van der Waals surface area contributed by atoms with Crippen molar-refractivity contribution in [1.82, 2.24) is 29.6 Å². The van der Waals surface area contributed by atoms with Crippen molar-refractivity contribution in [2.24, 2.45) is 0 Å². The number of fused-ring (bicyclic) bond motifs is 1. The molecule has 5 rings (SSSR count). The summed E-state index contributed by atoms with van der Waals surface area (Å²) >= 11 is 0. The molecule has 0 bridgehead atoms. The van der Waals surface area contributed by atoms with Crippen molar-refractivity contribution < 1.29 is 0 Å². The minimum atomic E-state index is -0.218. The van der Waals surface area contributed by atoms with E-state index in [0.717, 1.165) is 43.0 Å². The zero-order valence-corrected chi connectivity index (χ0v) is 20.0. The molecular weight excluding hydrogens is 454 g/mol. The molecule has 0 atom stereocenters. The molecule has 1 saturated heterocycles. The summed E-state index contributed by atoms with van der Waals surface area (Å²) in [7, 11) is 0. The number of piperidine rings is 1. The molecule has 0 unspecified atom stereocenters. The van der Waals surface area contributed by atoms with Gasteiger partial charge in [0.2, 0.25) is 5.95 Å². The molecular formula is C26H27N9O. The second-order valence-corrected chi connectivity index (χ2v) is 8.73. The second-order valence-electron chi connectivity index (χ2n) is 8.73. The lowest BCUT2D eigenvalue weighted by atomic mass is 10.1. The maximum atomic E-state index is 13.2. The number of nitriles is 1. The van der Waals surface area contributed by atoms with E-state index in [0.29, 0.717) is 40.9 Å². The van der Waals surface area contributed by atoms with Crippen LogP contribution in [-0.4, -0.2) is 43.4 Å². The summed E-state index contributed by atoms with van der Waals surface area (Å²) < 4.78 is 3.27. The number of benzene rings is 1. The number of anilines is 3. The highest BCUT2D eigenvalue weighted by Crippen LogP contribution is 2.21. The van der Waals surface area contributed by atoms with Gasteiger partial charge in [-0.2, -0.15) is 10.2 Å². The molecule has 0 spiro atoms. The number of hydrogen-bond donors (Lipinski definition) is 3. The minimum absolute atomic E-state index is 0.218. The van der Waals surface area contributed by atoms with Crippen LogP contribution >= 0.6 is 0 Å². The first kappa shape index (κ1) is 23.3. The molecule has 1 fully saturated rings. The molecule has 0 amide bonds. The van der Waals surface area contributed by atoms with Crippen molar-refractivity contribution in [1.29, 1.82) is 5.26 Å². The number of allylic oxidation sites excluding steroid dienone is 1. The van der Waals surface area contributed by atoms with Gasteiger partial charge in [0, 0.05) is 17.9 Å². The van der Waals surface area contributed by atoms with E-state index in [4.69, 9.17) is 4.98 Å². The molecule has 36 heavy (non-hydrogen) atoms. The average Bonchev–Trinajstić information content (AvgIpc) is 3.16. The number of aryl methyl sites for hydroxylation is 1. The van der Waals surface area contributed by atoms with Gasteiger partial charge in [0.1, 0.15) is 11.2 Å². The van der Waals surface area contributed by atoms with Crippen molar-refractivity contribution in [2.75, 3.05) is 23.7 Å². The van der Waals surface area contributed by atoms with E-state index in [-0.39, 0.29) is 5.56 Å². The first-order valence-corrected chi connectivity index (χ1v) is 11.9. The number of aromatic nitrogens is 5. The van der Waals surface area contributed by atoms with Gasteiger partial charge in [-0.3, -0.25) is 4.79 Å². The van der Waals surface area contributed by atoms with Crippen molar-refractivity contribution in [3.05, 3.63) is 76.7 Å². The van der Waals surface area contributed by atoms with E-state index in [1.807, 2.05) is 31.2 Å². The van der Waals surface area contributed by atoms with Crippen molar-refractivity contribution in [3.63, 3.8) is 0 Å². The van der Waals surface area contributed by atoms with Gasteiger partial charge in [-0.1, -0.05) is 12.1 Å². The molecule has 0 saturated carbocycles. The molecule has 1 aromatic carbocycles. The third kappa shape index (κ3) is 4.56. The minimum Gasteiger partial charge on any atom is -0.367 e. The van der Waals surface area contributed by atoms with Gasteiger partial charge >= 0.3 is 0 Å². The van der Waals surface area contributed by atoms with Crippen LogP contribution in [-0.2, 0) is 6.54 Å². The van der Waals surface area contributed by atoms with Crippen LogP contribution in [0.3, 0.4) is 0 Å². The molecule has 3 aromatic heterocycles. The van der Waals surface area contributed by atoms with Gasteiger partial charge < -0.3 is 16.0 Å². The van der Waals surface area contributed by atoms with Crippen LogP contribution in [0.25, 0.3) is 16.9 Å². The Hall–Kier alpha value is -4.49. The maximum absolute atomic E-state index is 13.2.